The minimum atomic E-state index is -4.48. The maximum Gasteiger partial charge on any atom is 2.00 e. The summed E-state index contributed by atoms with van der Waals surface area (Å²) in [6, 6.07) is 1.69. The van der Waals surface area contributed by atoms with Gasteiger partial charge in [0.15, 0.2) is 0 Å². The molecule has 33 heavy (non-hydrogen) atoms. The molecule has 0 spiro atoms. The van der Waals surface area contributed by atoms with E-state index in [0.717, 1.165) is 12.1 Å². The Kier molecular flexibility index (Phi) is 8.06. The second-order valence-corrected chi connectivity index (χ2v) is 6.31. The molecule has 4 aromatic heterocycles. The molecule has 4 rings (SSSR count). The van der Waals surface area contributed by atoms with Gasteiger partial charge in [0.1, 0.15) is 11.4 Å². The molecule has 0 fully saturated rings. The molecule has 0 amide bonds. The van der Waals surface area contributed by atoms with Crippen LogP contribution in [0.3, 0.4) is 0 Å². The number of halogens is 6. The summed E-state index contributed by atoms with van der Waals surface area (Å²) in [4.78, 5) is 15.7. The Labute approximate surface area is 196 Å². The molecule has 0 aliphatic heterocycles. The minimum absolute atomic E-state index is 0. The fraction of sp³-hybridized carbons (Fsp3) is 0.222. The maximum atomic E-state index is 12.2. The number of nitrogens with zero attached hydrogens (tertiary/aromatic N) is 8. The average Bonchev–Trinajstić information content (AvgIpc) is 3.39. The molecule has 0 bridgehead atoms. The Morgan fingerprint density at radius 3 is 1.21 bits per heavy atom. The van der Waals surface area contributed by atoms with Crippen LogP contribution in [0.1, 0.15) is 22.8 Å². The van der Waals surface area contributed by atoms with Crippen LogP contribution in [0.4, 0.5) is 26.3 Å². The van der Waals surface area contributed by atoms with Gasteiger partial charge in [-0.15, -0.1) is 0 Å². The third kappa shape index (κ3) is 6.91. The summed E-state index contributed by atoms with van der Waals surface area (Å²) in [5.74, 6) is 0. The number of hydrogen-bond acceptors (Lipinski definition) is 6. The predicted octanol–water partition coefficient (Wildman–Crippen LogP) is 3.64. The first-order valence-electron chi connectivity index (χ1n) is 8.66. The normalized spacial score (nSPS) is 11.4. The van der Waals surface area contributed by atoms with Crippen LogP contribution in [0.2, 0.25) is 0 Å². The number of alkyl halides is 6. The van der Waals surface area contributed by atoms with Crippen LogP contribution in [-0.2, 0) is 33.4 Å². The zero-order valence-corrected chi connectivity index (χ0v) is 18.9. The Hall–Kier alpha value is -3.15. The van der Waals surface area contributed by atoms with E-state index in [1.165, 1.54) is 24.8 Å². The molecule has 4 heterocycles. The zero-order chi connectivity index (χ0) is 23.5. The summed E-state index contributed by atoms with van der Waals surface area (Å²) in [7, 11) is 0. The van der Waals surface area contributed by atoms with Gasteiger partial charge in [0.2, 0.25) is 0 Å². The molecular formula is C18H12F6N8Pt. The van der Waals surface area contributed by atoms with Gasteiger partial charge >= 0.3 is 33.4 Å². The molecule has 15 heteroatoms. The van der Waals surface area contributed by atoms with Gasteiger partial charge in [-0.3, -0.25) is 19.9 Å². The van der Waals surface area contributed by atoms with Crippen molar-refractivity contribution in [1.82, 2.24) is 40.3 Å². The van der Waals surface area contributed by atoms with E-state index in [-0.39, 0.29) is 43.8 Å². The number of hydrogen-bond donors (Lipinski definition) is 0. The van der Waals surface area contributed by atoms with Crippen LogP contribution in [-0.4, -0.2) is 30.1 Å². The maximum absolute atomic E-state index is 12.2. The summed E-state index contributed by atoms with van der Waals surface area (Å²) in [5, 5.41) is 12.9. The van der Waals surface area contributed by atoms with Crippen molar-refractivity contribution in [2.24, 2.45) is 0 Å². The van der Waals surface area contributed by atoms with Crippen molar-refractivity contribution >= 4 is 0 Å². The fourth-order valence-electron chi connectivity index (χ4n) is 2.17. The van der Waals surface area contributed by atoms with Gasteiger partial charge in [-0.25, -0.2) is 0 Å². The Bertz CT molecular complexity index is 1070. The third-order valence-corrected chi connectivity index (χ3v) is 3.75. The van der Waals surface area contributed by atoms with Gasteiger partial charge in [0.05, 0.1) is 35.2 Å². The second kappa shape index (κ2) is 10.2. The molecule has 176 valence electrons. The standard InChI is InChI=1S/2C9H6F3N4.Pt/c2*1-5-3-14-7(4-13-5)6-2-8(16-15-6)9(10,11)12;/h2*2-4H,1H3;/q2*-1;+2. The molecule has 8 nitrogen and oxygen atoms in total. The summed E-state index contributed by atoms with van der Waals surface area (Å²) < 4.78 is 73.5. The molecule has 4 aromatic rings. The molecule has 0 saturated heterocycles. The van der Waals surface area contributed by atoms with Gasteiger partial charge < -0.3 is 20.4 Å². The van der Waals surface area contributed by atoms with E-state index >= 15 is 0 Å². The van der Waals surface area contributed by atoms with E-state index in [2.05, 4.69) is 40.3 Å². The molecule has 0 aromatic carbocycles. The van der Waals surface area contributed by atoms with Crippen LogP contribution in [0.25, 0.3) is 22.8 Å². The first-order chi connectivity index (χ1) is 14.9. The summed E-state index contributed by atoms with van der Waals surface area (Å²) >= 11 is 0. The summed E-state index contributed by atoms with van der Waals surface area (Å²) in [6.45, 7) is 3.46. The first-order valence-corrected chi connectivity index (χ1v) is 8.66. The Balaban J connectivity index is 0.000000227. The average molecular weight is 649 g/mol. The largest absolute Gasteiger partial charge is 2.00 e. The van der Waals surface area contributed by atoms with Crippen molar-refractivity contribution in [3.8, 4) is 22.8 Å². The zero-order valence-electron chi connectivity index (χ0n) is 16.6. The van der Waals surface area contributed by atoms with Crippen molar-refractivity contribution in [2.45, 2.75) is 26.2 Å². The monoisotopic (exact) mass is 649 g/mol. The first kappa shape index (κ1) is 26.1. The second-order valence-electron chi connectivity index (χ2n) is 6.31. The van der Waals surface area contributed by atoms with E-state index in [1.54, 1.807) is 13.8 Å². The molecule has 0 N–H and O–H groups in total. The van der Waals surface area contributed by atoms with Gasteiger partial charge in [0, 0.05) is 12.4 Å². The van der Waals surface area contributed by atoms with Gasteiger partial charge in [-0.05, 0) is 26.0 Å². The van der Waals surface area contributed by atoms with Crippen molar-refractivity contribution in [3.63, 3.8) is 0 Å². The van der Waals surface area contributed by atoms with Crippen molar-refractivity contribution in [3.05, 3.63) is 59.7 Å². The fourth-order valence-corrected chi connectivity index (χ4v) is 2.17. The van der Waals surface area contributed by atoms with Crippen molar-refractivity contribution in [1.29, 1.82) is 0 Å². The van der Waals surface area contributed by atoms with E-state index in [0.29, 0.717) is 11.4 Å². The van der Waals surface area contributed by atoms with E-state index < -0.39 is 23.7 Å². The summed E-state index contributed by atoms with van der Waals surface area (Å²) in [5.41, 5.74) is -0.00443. The molecule has 0 aliphatic rings. The van der Waals surface area contributed by atoms with Crippen molar-refractivity contribution < 1.29 is 47.4 Å². The van der Waals surface area contributed by atoms with Crippen LogP contribution in [0.15, 0.2) is 36.9 Å². The molecule has 0 saturated carbocycles. The predicted molar refractivity (Wildman–Crippen MR) is 96.6 cm³/mol. The SMILES string of the molecule is Cc1cnc(-c2cc(C(F)(F)F)n[n-]2)cn1.Cc1cnc(-c2cc(C(F)(F)F)n[n-]2)cn1.[Pt+2]. The Morgan fingerprint density at radius 1 is 0.606 bits per heavy atom. The quantitative estimate of drug-likeness (QED) is 0.304. The molecule has 0 aliphatic carbocycles. The minimum Gasteiger partial charge on any atom is -0.573 e. The van der Waals surface area contributed by atoms with Crippen molar-refractivity contribution in [2.75, 3.05) is 0 Å². The molecule has 0 atom stereocenters. The number of aryl methyl sites for hydroxylation is 2. The van der Waals surface area contributed by atoms with E-state index in [1.807, 2.05) is 0 Å². The topological polar surface area (TPSA) is 106 Å². The van der Waals surface area contributed by atoms with Crippen LogP contribution in [0.5, 0.6) is 0 Å². The smallest absolute Gasteiger partial charge is 0.573 e. The van der Waals surface area contributed by atoms with Gasteiger partial charge in [-0.1, -0.05) is 11.4 Å². The molecule has 0 radical (unpaired) electrons. The van der Waals surface area contributed by atoms with E-state index in [9.17, 15) is 26.3 Å². The number of rotatable bonds is 2. The summed E-state index contributed by atoms with van der Waals surface area (Å²) in [6.07, 6.45) is -3.33. The van der Waals surface area contributed by atoms with E-state index in [4.69, 9.17) is 0 Å². The Morgan fingerprint density at radius 2 is 0.970 bits per heavy atom. The third-order valence-electron chi connectivity index (χ3n) is 3.75. The van der Waals surface area contributed by atoms with Gasteiger partial charge in [-0.2, -0.15) is 26.3 Å². The van der Waals surface area contributed by atoms with Crippen LogP contribution < -0.4 is 10.2 Å². The van der Waals surface area contributed by atoms with Crippen LogP contribution >= 0.6 is 0 Å². The molecule has 0 unspecified atom stereocenters. The molecular weight excluding hydrogens is 637 g/mol. The van der Waals surface area contributed by atoms with Gasteiger partial charge in [0.25, 0.3) is 0 Å². The van der Waals surface area contributed by atoms with Crippen LogP contribution in [0, 0.1) is 13.8 Å². The number of aromatic nitrogens is 8.